The fourth-order valence-electron chi connectivity index (χ4n) is 2.58. The predicted molar refractivity (Wildman–Crippen MR) is 67.0 cm³/mol. The van der Waals surface area contributed by atoms with E-state index in [4.69, 9.17) is 14.7 Å². The Morgan fingerprint density at radius 1 is 1.17 bits per heavy atom. The first-order valence-corrected chi connectivity index (χ1v) is 6.06. The summed E-state index contributed by atoms with van der Waals surface area (Å²) in [7, 11) is 1.60. The highest BCUT2D eigenvalue weighted by Crippen LogP contribution is 2.46. The van der Waals surface area contributed by atoms with Gasteiger partial charge in [-0.05, 0) is 11.0 Å². The third-order valence-corrected chi connectivity index (χ3v) is 3.38. The van der Waals surface area contributed by atoms with E-state index in [0.717, 1.165) is 11.1 Å². The molecule has 4 nitrogen and oxygen atoms in total. The number of hydrogen-bond donors (Lipinski definition) is 1. The molecule has 0 aromatic heterocycles. The van der Waals surface area contributed by atoms with Gasteiger partial charge in [-0.2, -0.15) is 0 Å². The fraction of sp³-hybridized carbons (Fsp3) is 0.571. The Bertz CT molecular complexity index is 411. The lowest BCUT2D eigenvalue weighted by molar-refractivity contribution is -0.386. The van der Waals surface area contributed by atoms with E-state index >= 15 is 0 Å². The quantitative estimate of drug-likeness (QED) is 0.648. The lowest BCUT2D eigenvalue weighted by atomic mass is 9.73. The molecule has 2 rings (SSSR count). The van der Waals surface area contributed by atoms with Crippen molar-refractivity contribution in [1.29, 1.82) is 0 Å². The van der Waals surface area contributed by atoms with Crippen molar-refractivity contribution in [2.24, 2.45) is 5.41 Å². The average Bonchev–Trinajstić information content (AvgIpc) is 2.35. The summed E-state index contributed by atoms with van der Waals surface area (Å²) in [4.78, 5) is 4.41. The van der Waals surface area contributed by atoms with Gasteiger partial charge < -0.3 is 9.47 Å². The molecule has 1 aromatic carbocycles. The number of fused-ring (bicyclic) bond motifs is 1. The highest BCUT2D eigenvalue weighted by molar-refractivity contribution is 5.35. The van der Waals surface area contributed by atoms with Crippen molar-refractivity contribution < 1.29 is 19.6 Å². The van der Waals surface area contributed by atoms with Crippen molar-refractivity contribution >= 4 is 0 Å². The van der Waals surface area contributed by atoms with Gasteiger partial charge in [0.15, 0.2) is 6.29 Å². The molecule has 100 valence electrons. The second kappa shape index (κ2) is 4.97. The van der Waals surface area contributed by atoms with Crippen LogP contribution in [0.25, 0.3) is 0 Å². The van der Waals surface area contributed by atoms with E-state index in [1.54, 1.807) is 7.11 Å². The molecule has 18 heavy (non-hydrogen) atoms. The van der Waals surface area contributed by atoms with Crippen LogP contribution in [0.15, 0.2) is 24.3 Å². The minimum absolute atomic E-state index is 0.0167. The molecule has 1 aliphatic heterocycles. The van der Waals surface area contributed by atoms with Crippen molar-refractivity contribution in [1.82, 2.24) is 0 Å². The van der Waals surface area contributed by atoms with Crippen LogP contribution in [0.5, 0.6) is 0 Å². The molecule has 1 aliphatic rings. The highest BCUT2D eigenvalue weighted by atomic mass is 17.1. The van der Waals surface area contributed by atoms with Gasteiger partial charge in [-0.25, -0.2) is 10.1 Å². The molecular formula is C14H20O4. The summed E-state index contributed by atoms with van der Waals surface area (Å²) in [6.07, 6.45) is -1.22. The molecule has 0 aliphatic carbocycles. The number of methoxy groups -OCH3 is 1. The maximum absolute atomic E-state index is 8.96. The van der Waals surface area contributed by atoms with E-state index < -0.39 is 12.6 Å². The molecule has 1 aromatic rings. The van der Waals surface area contributed by atoms with E-state index in [-0.39, 0.29) is 11.3 Å². The van der Waals surface area contributed by atoms with Gasteiger partial charge in [-0.1, -0.05) is 45.0 Å². The highest BCUT2D eigenvalue weighted by Gasteiger charge is 2.42. The Labute approximate surface area is 107 Å². The van der Waals surface area contributed by atoms with Crippen LogP contribution in [0, 0.1) is 5.41 Å². The van der Waals surface area contributed by atoms with Crippen molar-refractivity contribution in [3.63, 3.8) is 0 Å². The van der Waals surface area contributed by atoms with Crippen LogP contribution in [0.1, 0.15) is 44.1 Å². The molecular weight excluding hydrogens is 232 g/mol. The van der Waals surface area contributed by atoms with Crippen LogP contribution < -0.4 is 0 Å². The largest absolute Gasteiger partial charge is 0.355 e. The van der Waals surface area contributed by atoms with Gasteiger partial charge in [0, 0.05) is 18.6 Å². The van der Waals surface area contributed by atoms with Crippen molar-refractivity contribution in [2.75, 3.05) is 7.11 Å². The molecule has 1 N–H and O–H groups in total. The molecule has 0 bridgehead atoms. The predicted octanol–water partition coefficient (Wildman–Crippen LogP) is 3.31. The van der Waals surface area contributed by atoms with Crippen molar-refractivity contribution in [3.8, 4) is 0 Å². The fourth-order valence-corrected chi connectivity index (χ4v) is 2.58. The topological polar surface area (TPSA) is 47.9 Å². The summed E-state index contributed by atoms with van der Waals surface area (Å²) >= 11 is 0. The Kier molecular flexibility index (Phi) is 3.73. The Morgan fingerprint density at radius 2 is 1.78 bits per heavy atom. The van der Waals surface area contributed by atoms with Crippen LogP contribution in [-0.4, -0.2) is 18.7 Å². The monoisotopic (exact) mass is 252 g/mol. The van der Waals surface area contributed by atoms with E-state index in [1.165, 1.54) is 0 Å². The van der Waals surface area contributed by atoms with E-state index in [0.29, 0.717) is 0 Å². The van der Waals surface area contributed by atoms with E-state index in [1.807, 2.05) is 24.3 Å². The first-order valence-electron chi connectivity index (χ1n) is 6.06. The number of ether oxygens (including phenoxy) is 2. The Morgan fingerprint density at radius 3 is 2.28 bits per heavy atom. The maximum atomic E-state index is 8.96. The minimum Gasteiger partial charge on any atom is -0.355 e. The maximum Gasteiger partial charge on any atom is 0.219 e. The lowest BCUT2D eigenvalue weighted by Gasteiger charge is -2.42. The molecule has 0 radical (unpaired) electrons. The SMILES string of the molecule is COC1OC(OO)c2ccccc2C1C(C)(C)C. The van der Waals surface area contributed by atoms with Gasteiger partial charge in [0.2, 0.25) is 6.29 Å². The first-order chi connectivity index (χ1) is 8.49. The second-order valence-corrected chi connectivity index (χ2v) is 5.65. The summed E-state index contributed by atoms with van der Waals surface area (Å²) in [6, 6.07) is 7.82. The van der Waals surface area contributed by atoms with Crippen LogP contribution in [-0.2, 0) is 14.4 Å². The molecule has 0 saturated heterocycles. The third kappa shape index (κ3) is 2.29. The average molecular weight is 252 g/mol. The zero-order valence-electron chi connectivity index (χ0n) is 11.2. The summed E-state index contributed by atoms with van der Waals surface area (Å²) in [5, 5.41) is 8.96. The molecule has 0 spiro atoms. The molecule has 0 amide bonds. The number of hydrogen-bond acceptors (Lipinski definition) is 4. The second-order valence-electron chi connectivity index (χ2n) is 5.65. The van der Waals surface area contributed by atoms with Gasteiger partial charge in [0.25, 0.3) is 0 Å². The number of rotatable bonds is 2. The molecule has 4 heteroatoms. The van der Waals surface area contributed by atoms with Gasteiger partial charge in [-0.15, -0.1) is 0 Å². The van der Waals surface area contributed by atoms with E-state index in [2.05, 4.69) is 25.7 Å². The van der Waals surface area contributed by atoms with Crippen molar-refractivity contribution in [2.45, 2.75) is 39.3 Å². The minimum atomic E-state index is -0.787. The van der Waals surface area contributed by atoms with Crippen LogP contribution in [0.4, 0.5) is 0 Å². The first kappa shape index (κ1) is 13.5. The summed E-state index contributed by atoms with van der Waals surface area (Å²) in [6.45, 7) is 6.43. The van der Waals surface area contributed by atoms with Gasteiger partial charge >= 0.3 is 0 Å². The third-order valence-electron chi connectivity index (χ3n) is 3.38. The van der Waals surface area contributed by atoms with Crippen LogP contribution >= 0.6 is 0 Å². The van der Waals surface area contributed by atoms with Crippen LogP contribution in [0.3, 0.4) is 0 Å². The molecule has 0 fully saturated rings. The zero-order chi connectivity index (χ0) is 13.3. The Balaban J connectivity index is 2.51. The van der Waals surface area contributed by atoms with Crippen LogP contribution in [0.2, 0.25) is 0 Å². The van der Waals surface area contributed by atoms with Gasteiger partial charge in [-0.3, -0.25) is 0 Å². The van der Waals surface area contributed by atoms with Crippen molar-refractivity contribution in [3.05, 3.63) is 35.4 Å². The zero-order valence-corrected chi connectivity index (χ0v) is 11.2. The molecule has 3 atom stereocenters. The van der Waals surface area contributed by atoms with Gasteiger partial charge in [0.1, 0.15) is 0 Å². The normalized spacial score (nSPS) is 27.9. The molecule has 0 saturated carbocycles. The standard InChI is InChI=1S/C14H20O4/c1-14(2,3)11-9-7-5-6-8-10(9)12(18-15)17-13(11)16-4/h5-8,11-13,15H,1-4H3. The molecule has 1 heterocycles. The van der Waals surface area contributed by atoms with Gasteiger partial charge in [0.05, 0.1) is 0 Å². The lowest BCUT2D eigenvalue weighted by Crippen LogP contribution is -2.39. The summed E-state index contributed by atoms with van der Waals surface area (Å²) < 4.78 is 11.1. The number of benzene rings is 1. The van der Waals surface area contributed by atoms with E-state index in [9.17, 15) is 0 Å². The smallest absolute Gasteiger partial charge is 0.219 e. The summed E-state index contributed by atoms with van der Waals surface area (Å²) in [5.74, 6) is 0.0881. The Hall–Kier alpha value is -0.940. The summed E-state index contributed by atoms with van der Waals surface area (Å²) in [5.41, 5.74) is 1.94. The molecule has 3 unspecified atom stereocenters.